The smallest absolute Gasteiger partial charge is 0.393 e. The number of aliphatic hydroxyl groups excluding tert-OH is 1. The number of aliphatic hydroxyl groups is 1. The van der Waals surface area contributed by atoms with Gasteiger partial charge in [0, 0.05) is 25.6 Å². The van der Waals surface area contributed by atoms with E-state index in [1.807, 2.05) is 0 Å². The number of rotatable bonds is 1. The molecule has 1 aliphatic heterocycles. The Bertz CT molecular complexity index is 161. The Balaban J connectivity index is 2.64. The van der Waals surface area contributed by atoms with Crippen LogP contribution >= 0.6 is 0 Å². The minimum Gasteiger partial charge on any atom is -0.396 e. The van der Waals surface area contributed by atoms with Crippen LogP contribution in [0.15, 0.2) is 0 Å². The molecule has 1 fully saturated rings. The fourth-order valence-electron chi connectivity index (χ4n) is 1.46. The average Bonchev–Trinajstić information content (AvgIpc) is 2.29. The van der Waals surface area contributed by atoms with Crippen molar-refractivity contribution in [3.8, 4) is 0 Å². The summed E-state index contributed by atoms with van der Waals surface area (Å²) in [6.07, 6.45) is -4.25. The molecule has 72 valence electrons. The summed E-state index contributed by atoms with van der Waals surface area (Å²) in [6.45, 7) is -0.562. The van der Waals surface area contributed by atoms with Crippen molar-refractivity contribution in [3.63, 3.8) is 0 Å². The van der Waals surface area contributed by atoms with E-state index >= 15 is 0 Å². The molecule has 0 unspecified atom stereocenters. The van der Waals surface area contributed by atoms with E-state index in [0.717, 1.165) is 5.01 Å². The first-order valence-corrected chi connectivity index (χ1v) is 3.62. The summed E-state index contributed by atoms with van der Waals surface area (Å²) in [5.74, 6) is 2.96. The van der Waals surface area contributed by atoms with Gasteiger partial charge in [-0.2, -0.15) is 13.2 Å². The zero-order valence-corrected chi connectivity index (χ0v) is 6.38. The minimum absolute atomic E-state index is 0.112. The molecular weight excluding hydrogens is 173 g/mol. The van der Waals surface area contributed by atoms with Crippen molar-refractivity contribution in [3.05, 3.63) is 0 Å². The summed E-state index contributed by atoms with van der Waals surface area (Å²) in [4.78, 5) is 0. The van der Waals surface area contributed by atoms with E-state index < -0.39 is 24.6 Å². The molecule has 6 heteroatoms. The summed E-state index contributed by atoms with van der Waals surface area (Å²) in [6, 6.07) is 0. The lowest BCUT2D eigenvalue weighted by atomic mass is 9.97. The van der Waals surface area contributed by atoms with Crippen LogP contribution in [0.1, 0.15) is 0 Å². The quantitative estimate of drug-likeness (QED) is 0.562. The third-order valence-electron chi connectivity index (χ3n) is 2.12. The van der Waals surface area contributed by atoms with Gasteiger partial charge in [0.2, 0.25) is 0 Å². The van der Waals surface area contributed by atoms with Crippen molar-refractivity contribution < 1.29 is 18.3 Å². The van der Waals surface area contributed by atoms with Crippen LogP contribution in [-0.4, -0.2) is 36.0 Å². The van der Waals surface area contributed by atoms with Crippen LogP contribution in [0.25, 0.3) is 0 Å². The average molecular weight is 184 g/mol. The lowest BCUT2D eigenvalue weighted by Crippen LogP contribution is -2.32. The number of hydrazine groups is 1. The lowest BCUT2D eigenvalue weighted by Gasteiger charge is -2.18. The predicted octanol–water partition coefficient (Wildman–Crippen LogP) is -0.0373. The van der Waals surface area contributed by atoms with Gasteiger partial charge in [-0.25, -0.2) is 5.01 Å². The van der Waals surface area contributed by atoms with Crippen LogP contribution in [0.4, 0.5) is 13.2 Å². The van der Waals surface area contributed by atoms with E-state index in [1.54, 1.807) is 0 Å². The molecule has 3 N–H and O–H groups in total. The van der Waals surface area contributed by atoms with Gasteiger partial charge < -0.3 is 5.11 Å². The molecule has 0 aromatic rings. The Morgan fingerprint density at radius 1 is 1.42 bits per heavy atom. The highest BCUT2D eigenvalue weighted by Crippen LogP contribution is 2.36. The van der Waals surface area contributed by atoms with Crippen molar-refractivity contribution in [1.29, 1.82) is 0 Å². The van der Waals surface area contributed by atoms with Crippen molar-refractivity contribution in [2.45, 2.75) is 6.18 Å². The largest absolute Gasteiger partial charge is 0.396 e. The maximum atomic E-state index is 12.2. The highest BCUT2D eigenvalue weighted by Gasteiger charge is 2.48. The SMILES string of the molecule is NN1C[C@@H](CO)[C@@H](C(F)(F)F)C1. The Kier molecular flexibility index (Phi) is 2.60. The van der Waals surface area contributed by atoms with Crippen LogP contribution in [0, 0.1) is 11.8 Å². The first-order chi connectivity index (χ1) is 5.45. The molecular formula is C6H11F3N2O. The van der Waals surface area contributed by atoms with Gasteiger partial charge in [-0.1, -0.05) is 0 Å². The van der Waals surface area contributed by atoms with Gasteiger partial charge in [0.1, 0.15) is 0 Å². The highest BCUT2D eigenvalue weighted by molar-refractivity contribution is 4.85. The summed E-state index contributed by atoms with van der Waals surface area (Å²) in [7, 11) is 0. The van der Waals surface area contributed by atoms with Gasteiger partial charge in [-0.3, -0.25) is 5.84 Å². The summed E-state index contributed by atoms with van der Waals surface area (Å²) in [5.41, 5.74) is 0. The molecule has 0 amide bonds. The van der Waals surface area contributed by atoms with Gasteiger partial charge in [-0.05, 0) is 0 Å². The Hall–Kier alpha value is -0.330. The zero-order chi connectivity index (χ0) is 9.35. The van der Waals surface area contributed by atoms with Crippen LogP contribution in [0.2, 0.25) is 0 Å². The fraction of sp³-hybridized carbons (Fsp3) is 1.00. The Morgan fingerprint density at radius 2 is 2.00 bits per heavy atom. The fourth-order valence-corrected chi connectivity index (χ4v) is 1.46. The normalized spacial score (nSPS) is 32.8. The van der Waals surface area contributed by atoms with Gasteiger partial charge in [0.05, 0.1) is 5.92 Å². The van der Waals surface area contributed by atoms with Crippen molar-refractivity contribution in [2.75, 3.05) is 19.7 Å². The minimum atomic E-state index is -4.25. The number of hydrogen-bond acceptors (Lipinski definition) is 3. The monoisotopic (exact) mass is 184 g/mol. The van der Waals surface area contributed by atoms with Crippen molar-refractivity contribution in [2.24, 2.45) is 17.7 Å². The Labute approximate surface area is 67.9 Å². The number of nitrogens with two attached hydrogens (primary N) is 1. The van der Waals surface area contributed by atoms with Gasteiger partial charge in [0.25, 0.3) is 0 Å². The van der Waals surface area contributed by atoms with Crippen LogP contribution < -0.4 is 5.84 Å². The van der Waals surface area contributed by atoms with Crippen LogP contribution in [0.5, 0.6) is 0 Å². The highest BCUT2D eigenvalue weighted by atomic mass is 19.4. The zero-order valence-electron chi connectivity index (χ0n) is 6.38. The second kappa shape index (κ2) is 3.20. The molecule has 0 spiro atoms. The van der Waals surface area contributed by atoms with Gasteiger partial charge in [0.15, 0.2) is 0 Å². The van der Waals surface area contributed by atoms with E-state index in [-0.39, 0.29) is 13.1 Å². The second-order valence-electron chi connectivity index (χ2n) is 3.04. The Morgan fingerprint density at radius 3 is 2.33 bits per heavy atom. The third-order valence-corrected chi connectivity index (χ3v) is 2.12. The maximum absolute atomic E-state index is 12.2. The molecule has 1 saturated heterocycles. The van der Waals surface area contributed by atoms with Crippen LogP contribution in [-0.2, 0) is 0 Å². The van der Waals surface area contributed by atoms with E-state index in [2.05, 4.69) is 0 Å². The standard InChI is InChI=1S/C6H11F3N2O/c7-6(8,9)5-2-11(10)1-4(5)3-12/h4-5,12H,1-3,10H2/t4-,5-/m0/s1. The molecule has 0 aromatic heterocycles. The number of alkyl halides is 3. The predicted molar refractivity (Wildman–Crippen MR) is 35.9 cm³/mol. The molecule has 3 nitrogen and oxygen atoms in total. The number of nitrogens with zero attached hydrogens (tertiary/aromatic N) is 1. The molecule has 0 radical (unpaired) electrons. The maximum Gasteiger partial charge on any atom is 0.393 e. The van der Waals surface area contributed by atoms with Gasteiger partial charge in [-0.15, -0.1) is 0 Å². The lowest BCUT2D eigenvalue weighted by molar-refractivity contribution is -0.183. The molecule has 0 aliphatic carbocycles. The van der Waals surface area contributed by atoms with Crippen LogP contribution in [0.3, 0.4) is 0 Å². The number of halogens is 3. The third kappa shape index (κ3) is 1.88. The van der Waals surface area contributed by atoms with E-state index in [4.69, 9.17) is 10.9 Å². The molecule has 12 heavy (non-hydrogen) atoms. The molecule has 2 atom stereocenters. The molecule has 1 heterocycles. The second-order valence-corrected chi connectivity index (χ2v) is 3.04. The molecule has 1 rings (SSSR count). The van der Waals surface area contributed by atoms with Gasteiger partial charge >= 0.3 is 6.18 Å². The van der Waals surface area contributed by atoms with Crippen molar-refractivity contribution >= 4 is 0 Å². The molecule has 0 bridgehead atoms. The molecule has 0 aromatic carbocycles. The van der Waals surface area contributed by atoms with E-state index in [9.17, 15) is 13.2 Å². The van der Waals surface area contributed by atoms with Crippen molar-refractivity contribution in [1.82, 2.24) is 5.01 Å². The summed E-state index contributed by atoms with van der Waals surface area (Å²) < 4.78 is 36.5. The topological polar surface area (TPSA) is 49.5 Å². The molecule has 1 aliphatic rings. The van der Waals surface area contributed by atoms with E-state index in [1.165, 1.54) is 0 Å². The summed E-state index contributed by atoms with van der Waals surface area (Å²) in [5, 5.41) is 9.73. The summed E-state index contributed by atoms with van der Waals surface area (Å²) >= 11 is 0. The first kappa shape index (κ1) is 9.76. The molecule has 0 saturated carbocycles. The first-order valence-electron chi connectivity index (χ1n) is 3.62. The number of hydrogen-bond donors (Lipinski definition) is 2. The van der Waals surface area contributed by atoms with E-state index in [0.29, 0.717) is 0 Å².